The van der Waals surface area contributed by atoms with E-state index >= 15 is 0 Å². The van der Waals surface area contributed by atoms with E-state index in [4.69, 9.17) is 10.5 Å². The molecule has 0 saturated carbocycles. The van der Waals surface area contributed by atoms with Crippen molar-refractivity contribution in [3.8, 4) is 11.5 Å². The average Bonchev–Trinajstić information content (AvgIpc) is 3.13. The zero-order valence-corrected chi connectivity index (χ0v) is 17.8. The number of pyridine rings is 1. The lowest BCUT2D eigenvalue weighted by Gasteiger charge is -2.30. The standard InChI is InChI=1S/C23H28FN5O2/c1-14-13-27-22-21(14)20(5-8-26-22)31-19-4-3-15(11-17(19)24)12-18(25)23(30)28-16-6-9-29(2)10-7-16/h3-5,8,11,13,16,18H,6-7,9-10,12,25H2,1-2H3,(H,26,27)(H,28,30). The predicted molar refractivity (Wildman–Crippen MR) is 118 cm³/mol. The zero-order valence-electron chi connectivity index (χ0n) is 17.8. The van der Waals surface area contributed by atoms with Gasteiger partial charge >= 0.3 is 0 Å². The van der Waals surface area contributed by atoms with E-state index in [9.17, 15) is 9.18 Å². The summed E-state index contributed by atoms with van der Waals surface area (Å²) in [6.45, 7) is 3.85. The molecule has 4 N–H and O–H groups in total. The molecule has 0 bridgehead atoms. The summed E-state index contributed by atoms with van der Waals surface area (Å²) >= 11 is 0. The minimum absolute atomic E-state index is 0.112. The summed E-state index contributed by atoms with van der Waals surface area (Å²) in [7, 11) is 2.07. The molecule has 1 fully saturated rings. The number of H-pyrrole nitrogens is 1. The van der Waals surface area contributed by atoms with Gasteiger partial charge in [-0.1, -0.05) is 6.07 Å². The van der Waals surface area contributed by atoms with Crippen LogP contribution in [0.25, 0.3) is 11.0 Å². The number of nitrogens with one attached hydrogen (secondary N) is 2. The Morgan fingerprint density at radius 2 is 2.13 bits per heavy atom. The van der Waals surface area contributed by atoms with Crippen LogP contribution in [0.3, 0.4) is 0 Å². The summed E-state index contributed by atoms with van der Waals surface area (Å²) in [6, 6.07) is 5.81. The van der Waals surface area contributed by atoms with Crippen molar-refractivity contribution in [2.45, 2.75) is 38.3 Å². The van der Waals surface area contributed by atoms with Crippen LogP contribution in [0.1, 0.15) is 24.0 Å². The van der Waals surface area contributed by atoms with Crippen molar-refractivity contribution in [1.29, 1.82) is 0 Å². The third-order valence-corrected chi connectivity index (χ3v) is 5.81. The van der Waals surface area contributed by atoms with Crippen LogP contribution in [0.4, 0.5) is 4.39 Å². The number of carbonyl (C=O) groups excluding carboxylic acids is 1. The van der Waals surface area contributed by atoms with E-state index in [1.54, 1.807) is 24.4 Å². The van der Waals surface area contributed by atoms with Crippen LogP contribution in [0.5, 0.6) is 11.5 Å². The first-order chi connectivity index (χ1) is 14.9. The number of aromatic nitrogens is 2. The minimum Gasteiger partial charge on any atom is -0.453 e. The molecule has 164 valence electrons. The van der Waals surface area contributed by atoms with Crippen molar-refractivity contribution < 1.29 is 13.9 Å². The maximum absolute atomic E-state index is 14.7. The van der Waals surface area contributed by atoms with Crippen molar-refractivity contribution >= 4 is 16.9 Å². The molecule has 1 aliphatic rings. The van der Waals surface area contributed by atoms with Gasteiger partial charge in [0.2, 0.25) is 5.91 Å². The SMILES string of the molecule is Cc1c[nH]c2nccc(Oc3ccc(CC(N)C(=O)NC4CCN(C)CC4)cc3F)c12. The third kappa shape index (κ3) is 4.86. The quantitative estimate of drug-likeness (QED) is 0.564. The molecular formula is C23H28FN5O2. The zero-order chi connectivity index (χ0) is 22.0. The van der Waals surface area contributed by atoms with Gasteiger partial charge in [-0.25, -0.2) is 9.37 Å². The molecule has 1 aliphatic heterocycles. The van der Waals surface area contributed by atoms with E-state index in [0.29, 0.717) is 17.0 Å². The number of ether oxygens (including phenoxy) is 1. The highest BCUT2D eigenvalue weighted by Gasteiger charge is 2.22. The molecule has 1 atom stereocenters. The fourth-order valence-electron chi connectivity index (χ4n) is 3.95. The molecule has 2 aromatic heterocycles. The largest absolute Gasteiger partial charge is 0.453 e. The van der Waals surface area contributed by atoms with Gasteiger partial charge in [0.15, 0.2) is 11.6 Å². The molecule has 3 heterocycles. The smallest absolute Gasteiger partial charge is 0.237 e. The number of carbonyl (C=O) groups is 1. The number of nitrogens with zero attached hydrogens (tertiary/aromatic N) is 2. The number of rotatable bonds is 6. The summed E-state index contributed by atoms with van der Waals surface area (Å²) in [5.41, 5.74) is 8.39. The number of halogens is 1. The van der Waals surface area contributed by atoms with E-state index in [-0.39, 0.29) is 24.1 Å². The van der Waals surface area contributed by atoms with Gasteiger partial charge in [0.05, 0.1) is 11.4 Å². The molecule has 1 unspecified atom stereocenters. The molecule has 3 aromatic rings. The van der Waals surface area contributed by atoms with Gasteiger partial charge in [0.25, 0.3) is 0 Å². The Labute approximate surface area is 180 Å². The fraction of sp³-hybridized carbons (Fsp3) is 0.391. The number of amides is 1. The summed E-state index contributed by atoms with van der Waals surface area (Å²) in [4.78, 5) is 22.0. The normalized spacial score (nSPS) is 16.4. The van der Waals surface area contributed by atoms with Crippen molar-refractivity contribution in [2.24, 2.45) is 5.73 Å². The van der Waals surface area contributed by atoms with Crippen LogP contribution in [-0.2, 0) is 11.2 Å². The monoisotopic (exact) mass is 425 g/mol. The highest BCUT2D eigenvalue weighted by atomic mass is 19.1. The summed E-state index contributed by atoms with van der Waals surface area (Å²) < 4.78 is 20.6. The number of benzene rings is 1. The van der Waals surface area contributed by atoms with Gasteiger partial charge in [-0.3, -0.25) is 4.79 Å². The first kappa shape index (κ1) is 21.3. The molecule has 4 rings (SSSR count). The van der Waals surface area contributed by atoms with Crippen LogP contribution in [0.2, 0.25) is 0 Å². The maximum atomic E-state index is 14.7. The minimum atomic E-state index is -0.729. The lowest BCUT2D eigenvalue weighted by molar-refractivity contribution is -0.123. The van der Waals surface area contributed by atoms with Crippen LogP contribution in [-0.4, -0.2) is 53.0 Å². The van der Waals surface area contributed by atoms with E-state index < -0.39 is 11.9 Å². The number of fused-ring (bicyclic) bond motifs is 1. The molecular weight excluding hydrogens is 397 g/mol. The van der Waals surface area contributed by atoms with Crippen LogP contribution in [0, 0.1) is 12.7 Å². The van der Waals surface area contributed by atoms with E-state index in [2.05, 4.69) is 27.2 Å². The van der Waals surface area contributed by atoms with Gasteiger partial charge in [0, 0.05) is 18.4 Å². The number of hydrogen-bond acceptors (Lipinski definition) is 5. The van der Waals surface area contributed by atoms with Gasteiger partial charge in [-0.05, 0) is 75.6 Å². The second kappa shape index (κ2) is 9.03. The Hall–Kier alpha value is -2.97. The maximum Gasteiger partial charge on any atom is 0.237 e. The highest BCUT2D eigenvalue weighted by Crippen LogP contribution is 2.32. The van der Waals surface area contributed by atoms with Gasteiger partial charge in [-0.15, -0.1) is 0 Å². The van der Waals surface area contributed by atoms with Crippen LogP contribution < -0.4 is 15.8 Å². The first-order valence-electron chi connectivity index (χ1n) is 10.5. The van der Waals surface area contributed by atoms with Crippen LogP contribution >= 0.6 is 0 Å². The Morgan fingerprint density at radius 1 is 1.35 bits per heavy atom. The van der Waals surface area contributed by atoms with E-state index in [0.717, 1.165) is 36.9 Å². The number of likely N-dealkylation sites (tertiary alicyclic amines) is 1. The summed E-state index contributed by atoms with van der Waals surface area (Å²) in [6.07, 6.45) is 5.53. The molecule has 0 spiro atoms. The Bertz CT molecular complexity index is 1080. The number of aromatic amines is 1. The summed E-state index contributed by atoms with van der Waals surface area (Å²) in [5.74, 6) is -0.0539. The number of hydrogen-bond donors (Lipinski definition) is 3. The third-order valence-electron chi connectivity index (χ3n) is 5.81. The molecule has 1 saturated heterocycles. The predicted octanol–water partition coefficient (Wildman–Crippen LogP) is 2.88. The van der Waals surface area contributed by atoms with Crippen molar-refractivity contribution in [3.05, 3.63) is 53.6 Å². The van der Waals surface area contributed by atoms with Gasteiger partial charge in [-0.2, -0.15) is 0 Å². The molecule has 1 aromatic carbocycles. The highest BCUT2D eigenvalue weighted by molar-refractivity contribution is 5.86. The molecule has 0 radical (unpaired) electrons. The van der Waals surface area contributed by atoms with E-state index in [1.165, 1.54) is 6.07 Å². The number of aryl methyl sites for hydroxylation is 1. The lowest BCUT2D eigenvalue weighted by atomic mass is 10.0. The van der Waals surface area contributed by atoms with Gasteiger partial charge < -0.3 is 25.7 Å². The average molecular weight is 426 g/mol. The van der Waals surface area contributed by atoms with E-state index in [1.807, 2.05) is 13.1 Å². The second-order valence-corrected chi connectivity index (χ2v) is 8.27. The van der Waals surface area contributed by atoms with Crippen molar-refractivity contribution in [3.63, 3.8) is 0 Å². The molecule has 31 heavy (non-hydrogen) atoms. The molecule has 1 amide bonds. The lowest BCUT2D eigenvalue weighted by Crippen LogP contribution is -2.49. The Kier molecular flexibility index (Phi) is 6.20. The Balaban J connectivity index is 1.40. The molecule has 8 heteroatoms. The fourth-order valence-corrected chi connectivity index (χ4v) is 3.95. The topological polar surface area (TPSA) is 96.3 Å². The van der Waals surface area contributed by atoms with Gasteiger partial charge in [0.1, 0.15) is 11.4 Å². The number of piperidine rings is 1. The molecule has 7 nitrogen and oxygen atoms in total. The van der Waals surface area contributed by atoms with Crippen molar-refractivity contribution in [2.75, 3.05) is 20.1 Å². The van der Waals surface area contributed by atoms with Crippen LogP contribution in [0.15, 0.2) is 36.7 Å². The Morgan fingerprint density at radius 3 is 2.87 bits per heavy atom. The van der Waals surface area contributed by atoms with Crippen molar-refractivity contribution in [1.82, 2.24) is 20.2 Å². The first-order valence-corrected chi connectivity index (χ1v) is 10.5. The second-order valence-electron chi connectivity index (χ2n) is 8.27. The number of nitrogens with two attached hydrogens (primary N) is 1. The summed E-state index contributed by atoms with van der Waals surface area (Å²) in [5, 5.41) is 3.84. The molecule has 0 aliphatic carbocycles.